The minimum atomic E-state index is -4.63. The molecule has 0 saturated heterocycles. The monoisotopic (exact) mass is 359 g/mol. The van der Waals surface area contributed by atoms with E-state index in [0.717, 1.165) is 22.5 Å². The number of rotatable bonds is 6. The Morgan fingerprint density at radius 3 is 2.25 bits per heavy atom. The summed E-state index contributed by atoms with van der Waals surface area (Å²) < 4.78 is 64.7. The molecule has 8 heteroatoms. The number of aliphatic hydroxyl groups excluding tert-OH is 1. The van der Waals surface area contributed by atoms with Gasteiger partial charge in [-0.2, -0.15) is 17.5 Å². The molecule has 130 valence electrons. The van der Waals surface area contributed by atoms with Crippen molar-refractivity contribution in [1.29, 1.82) is 0 Å². The normalized spacial score (nSPS) is 12.5. The van der Waals surface area contributed by atoms with Gasteiger partial charge in [-0.25, -0.2) is 8.42 Å². The maximum Gasteiger partial charge on any atom is 0.416 e. The number of nitrogens with zero attached hydrogens (tertiary/aromatic N) is 1. The van der Waals surface area contributed by atoms with Gasteiger partial charge in [0.2, 0.25) is 10.0 Å². The lowest BCUT2D eigenvalue weighted by molar-refractivity contribution is -0.137. The second-order valence-electron chi connectivity index (χ2n) is 5.07. The van der Waals surface area contributed by atoms with E-state index < -0.39 is 33.3 Å². The highest BCUT2D eigenvalue weighted by atomic mass is 32.2. The van der Waals surface area contributed by atoms with Crippen LogP contribution in [-0.4, -0.2) is 31.0 Å². The van der Waals surface area contributed by atoms with Crippen LogP contribution in [0.15, 0.2) is 59.5 Å². The summed E-state index contributed by atoms with van der Waals surface area (Å²) in [7, 11) is -4.17. The number of halogens is 3. The van der Waals surface area contributed by atoms with Crippen LogP contribution in [0, 0.1) is 0 Å². The maximum atomic E-state index is 12.8. The minimum Gasteiger partial charge on any atom is -0.395 e. The molecule has 1 N–H and O–H groups in total. The Morgan fingerprint density at radius 2 is 1.67 bits per heavy atom. The van der Waals surface area contributed by atoms with Crippen LogP contribution in [0.3, 0.4) is 0 Å². The van der Waals surface area contributed by atoms with Crippen molar-refractivity contribution in [2.45, 2.75) is 17.6 Å². The standard InChI is InChI=1S/C16H16F3NO3S/c17-16(18,19)14-7-4-8-15(11-14)24(22,23)20(9-10-21)12-13-5-2-1-3-6-13/h1-8,11,21H,9-10,12H2. The molecule has 0 amide bonds. The summed E-state index contributed by atoms with van der Waals surface area (Å²) in [6.45, 7) is -0.696. The molecule has 4 nitrogen and oxygen atoms in total. The first-order valence-corrected chi connectivity index (χ1v) is 8.51. The Kier molecular flexibility index (Phi) is 5.63. The molecular formula is C16H16F3NO3S. The summed E-state index contributed by atoms with van der Waals surface area (Å²) in [5, 5.41) is 9.12. The Hall–Kier alpha value is -1.90. The van der Waals surface area contributed by atoms with E-state index in [2.05, 4.69) is 0 Å². The number of sulfonamides is 1. The second kappa shape index (κ2) is 7.33. The van der Waals surface area contributed by atoms with E-state index in [1.54, 1.807) is 30.3 Å². The van der Waals surface area contributed by atoms with Crippen LogP contribution in [0.5, 0.6) is 0 Å². The molecule has 0 spiro atoms. The molecular weight excluding hydrogens is 343 g/mol. The van der Waals surface area contributed by atoms with Crippen molar-refractivity contribution in [3.05, 3.63) is 65.7 Å². The molecule has 0 radical (unpaired) electrons. The van der Waals surface area contributed by atoms with Crippen molar-refractivity contribution in [3.63, 3.8) is 0 Å². The van der Waals surface area contributed by atoms with Gasteiger partial charge in [-0.3, -0.25) is 0 Å². The first-order chi connectivity index (χ1) is 11.2. The highest BCUT2D eigenvalue weighted by Crippen LogP contribution is 2.31. The summed E-state index contributed by atoms with van der Waals surface area (Å²) in [4.78, 5) is -0.457. The van der Waals surface area contributed by atoms with Crippen molar-refractivity contribution < 1.29 is 26.7 Å². The molecule has 0 bridgehead atoms. The highest BCUT2D eigenvalue weighted by Gasteiger charge is 2.33. The van der Waals surface area contributed by atoms with Crippen LogP contribution in [-0.2, 0) is 22.7 Å². The van der Waals surface area contributed by atoms with Crippen LogP contribution < -0.4 is 0 Å². The minimum absolute atomic E-state index is 0.0417. The fourth-order valence-electron chi connectivity index (χ4n) is 2.16. The zero-order valence-corrected chi connectivity index (χ0v) is 13.4. The molecule has 0 heterocycles. The SMILES string of the molecule is O=S(=O)(c1cccc(C(F)(F)F)c1)N(CCO)Cc1ccccc1. The van der Waals surface area contributed by atoms with Gasteiger partial charge in [0.1, 0.15) is 0 Å². The van der Waals surface area contributed by atoms with Gasteiger partial charge < -0.3 is 5.11 Å². The lowest BCUT2D eigenvalue weighted by atomic mass is 10.2. The van der Waals surface area contributed by atoms with Crippen molar-refractivity contribution >= 4 is 10.0 Å². The molecule has 0 unspecified atom stereocenters. The van der Waals surface area contributed by atoms with Gasteiger partial charge >= 0.3 is 6.18 Å². The summed E-state index contributed by atoms with van der Waals surface area (Å²) in [6.07, 6.45) is -4.63. The van der Waals surface area contributed by atoms with E-state index >= 15 is 0 Å². The van der Waals surface area contributed by atoms with Gasteiger partial charge in [0.15, 0.2) is 0 Å². The number of aliphatic hydroxyl groups is 1. The third-order valence-electron chi connectivity index (χ3n) is 3.35. The molecule has 2 aromatic carbocycles. The predicted octanol–water partition coefficient (Wildman–Crippen LogP) is 2.89. The number of benzene rings is 2. The Labute approximate surface area is 138 Å². The summed E-state index contributed by atoms with van der Waals surface area (Å²) in [5.41, 5.74) is -0.367. The first kappa shape index (κ1) is 18.4. The van der Waals surface area contributed by atoms with E-state index in [9.17, 15) is 21.6 Å². The lowest BCUT2D eigenvalue weighted by Gasteiger charge is -2.22. The molecule has 2 rings (SSSR count). The molecule has 24 heavy (non-hydrogen) atoms. The van der Waals surface area contributed by atoms with E-state index in [1.807, 2.05) is 0 Å². The zero-order valence-electron chi connectivity index (χ0n) is 12.6. The number of hydrogen-bond acceptors (Lipinski definition) is 3. The average molecular weight is 359 g/mol. The topological polar surface area (TPSA) is 57.6 Å². The molecule has 0 fully saturated rings. The van der Waals surface area contributed by atoms with E-state index in [0.29, 0.717) is 11.6 Å². The van der Waals surface area contributed by atoms with E-state index in [-0.39, 0.29) is 13.1 Å². The quantitative estimate of drug-likeness (QED) is 0.863. The summed E-state index contributed by atoms with van der Waals surface area (Å²) in [6, 6.07) is 12.2. The van der Waals surface area contributed by atoms with Crippen molar-refractivity contribution in [1.82, 2.24) is 4.31 Å². The Morgan fingerprint density at radius 1 is 1.00 bits per heavy atom. The Bertz CT molecular complexity index is 777. The van der Waals surface area contributed by atoms with Gasteiger partial charge in [0, 0.05) is 13.1 Å². The van der Waals surface area contributed by atoms with Crippen LogP contribution in [0.2, 0.25) is 0 Å². The van der Waals surface area contributed by atoms with Crippen LogP contribution in [0.4, 0.5) is 13.2 Å². The third kappa shape index (κ3) is 4.34. The van der Waals surface area contributed by atoms with E-state index in [4.69, 9.17) is 5.11 Å². The molecule has 0 aromatic heterocycles. The average Bonchev–Trinajstić information content (AvgIpc) is 2.55. The Balaban J connectivity index is 2.38. The van der Waals surface area contributed by atoms with Gasteiger partial charge in [-0.15, -0.1) is 0 Å². The first-order valence-electron chi connectivity index (χ1n) is 7.07. The second-order valence-corrected chi connectivity index (χ2v) is 7.01. The molecule has 0 aliphatic heterocycles. The fourth-order valence-corrected chi connectivity index (χ4v) is 3.63. The smallest absolute Gasteiger partial charge is 0.395 e. The molecule has 0 saturated carbocycles. The maximum absolute atomic E-state index is 12.8. The number of alkyl halides is 3. The zero-order chi connectivity index (χ0) is 17.8. The highest BCUT2D eigenvalue weighted by molar-refractivity contribution is 7.89. The molecule has 0 atom stereocenters. The van der Waals surface area contributed by atoms with Crippen molar-refractivity contribution in [2.24, 2.45) is 0 Å². The molecule has 0 aliphatic rings. The third-order valence-corrected chi connectivity index (χ3v) is 5.19. The lowest BCUT2D eigenvalue weighted by Crippen LogP contribution is -2.33. The van der Waals surface area contributed by atoms with Gasteiger partial charge in [0.05, 0.1) is 17.1 Å². The van der Waals surface area contributed by atoms with Crippen molar-refractivity contribution in [3.8, 4) is 0 Å². The summed E-state index contributed by atoms with van der Waals surface area (Å²) >= 11 is 0. The summed E-state index contributed by atoms with van der Waals surface area (Å²) in [5.74, 6) is 0. The van der Waals surface area contributed by atoms with E-state index in [1.165, 1.54) is 0 Å². The van der Waals surface area contributed by atoms with Crippen LogP contribution in [0.1, 0.15) is 11.1 Å². The largest absolute Gasteiger partial charge is 0.416 e. The van der Waals surface area contributed by atoms with Gasteiger partial charge in [-0.1, -0.05) is 36.4 Å². The number of hydrogen-bond donors (Lipinski definition) is 1. The molecule has 2 aromatic rings. The molecule has 0 aliphatic carbocycles. The van der Waals surface area contributed by atoms with Crippen molar-refractivity contribution in [2.75, 3.05) is 13.2 Å². The van der Waals surface area contributed by atoms with Crippen LogP contribution >= 0.6 is 0 Å². The van der Waals surface area contributed by atoms with Gasteiger partial charge in [0.25, 0.3) is 0 Å². The van der Waals surface area contributed by atoms with Crippen LogP contribution in [0.25, 0.3) is 0 Å². The fraction of sp³-hybridized carbons (Fsp3) is 0.250. The predicted molar refractivity (Wildman–Crippen MR) is 82.6 cm³/mol. The van der Waals surface area contributed by atoms with Gasteiger partial charge in [-0.05, 0) is 23.8 Å².